The molecule has 2 aromatic rings. The number of rotatable bonds is 5. The van der Waals surface area contributed by atoms with Gasteiger partial charge in [-0.3, -0.25) is 24.2 Å². The Morgan fingerprint density at radius 2 is 1.71 bits per heavy atom. The summed E-state index contributed by atoms with van der Waals surface area (Å²) in [5, 5.41) is 7.12. The Bertz CT molecular complexity index is 1360. The third kappa shape index (κ3) is 4.92. The number of hydrogen-bond acceptors (Lipinski definition) is 7. The number of halogens is 4. The zero-order valence-corrected chi connectivity index (χ0v) is 22.4. The highest BCUT2D eigenvalue weighted by Gasteiger charge is 2.73. The van der Waals surface area contributed by atoms with Crippen molar-refractivity contribution < 1.29 is 51.3 Å². The minimum atomic E-state index is -5.08. The summed E-state index contributed by atoms with van der Waals surface area (Å²) in [7, 11) is 2.89. The van der Waals surface area contributed by atoms with Crippen LogP contribution in [-0.2, 0) is 23.9 Å². The molecule has 4 atom stereocenters. The molecule has 5 rings (SSSR count). The number of carboxylic acid groups (broad SMARTS) is 1. The predicted octanol–water partition coefficient (Wildman–Crippen LogP) is 3.82. The fraction of sp³-hybridized carbons (Fsp3) is 0.429. The summed E-state index contributed by atoms with van der Waals surface area (Å²) in [5.74, 6) is -4.97. The number of hydrogen-bond donors (Lipinski definition) is 1. The van der Waals surface area contributed by atoms with Crippen molar-refractivity contribution in [2.45, 2.75) is 37.5 Å². The number of carbonyl (C=O) groups is 4. The molecule has 3 fully saturated rings. The fourth-order valence-electron chi connectivity index (χ4n) is 6.33. The molecule has 41 heavy (non-hydrogen) atoms. The molecule has 0 aliphatic carbocycles. The maximum atomic E-state index is 13.4. The molecular formula is C28H28F4N2O7. The molecule has 3 saturated heterocycles. The summed E-state index contributed by atoms with van der Waals surface area (Å²) in [4.78, 5) is 52.2. The van der Waals surface area contributed by atoms with Crippen LogP contribution in [0.2, 0.25) is 0 Å². The van der Waals surface area contributed by atoms with Gasteiger partial charge in [-0.05, 0) is 55.6 Å². The Morgan fingerprint density at radius 1 is 1.07 bits per heavy atom. The van der Waals surface area contributed by atoms with Crippen LogP contribution in [0.15, 0.2) is 42.5 Å². The second kappa shape index (κ2) is 11.1. The number of imide groups is 1. The molecule has 0 unspecified atom stereocenters. The van der Waals surface area contributed by atoms with Gasteiger partial charge >= 0.3 is 18.1 Å². The number of aliphatic carboxylic acids is 1. The Hall–Kier alpha value is -4.00. The summed E-state index contributed by atoms with van der Waals surface area (Å²) < 4.78 is 56.0. The fourth-order valence-corrected chi connectivity index (χ4v) is 6.33. The third-order valence-electron chi connectivity index (χ3n) is 7.92. The smallest absolute Gasteiger partial charge is 0.490 e. The SMILES string of the molecule is CCN1C(=O)[C@@H]2[C@@H](c3ccc(-c4ccc(F)cc4)c(OC)c3)N3CCC[C@@]3(C(=O)OC)[C@@H]2C1=O.O=C(O)C(F)(F)F. The van der Waals surface area contributed by atoms with Crippen molar-refractivity contribution in [1.82, 2.24) is 9.80 Å². The Labute approximate surface area is 232 Å². The van der Waals surface area contributed by atoms with Gasteiger partial charge in [-0.2, -0.15) is 13.2 Å². The molecule has 2 amide bonds. The van der Waals surface area contributed by atoms with Crippen molar-refractivity contribution in [3.05, 3.63) is 53.8 Å². The van der Waals surface area contributed by atoms with Gasteiger partial charge in [0.25, 0.3) is 0 Å². The monoisotopic (exact) mass is 580 g/mol. The molecule has 0 radical (unpaired) electrons. The van der Waals surface area contributed by atoms with Gasteiger partial charge in [0, 0.05) is 18.2 Å². The van der Waals surface area contributed by atoms with E-state index in [0.717, 1.165) is 23.1 Å². The van der Waals surface area contributed by atoms with Crippen molar-refractivity contribution in [2.24, 2.45) is 11.8 Å². The van der Waals surface area contributed by atoms with Crippen LogP contribution in [0, 0.1) is 17.7 Å². The molecule has 220 valence electrons. The maximum absolute atomic E-state index is 13.4. The number of likely N-dealkylation sites (tertiary alicyclic amines) is 1. The van der Waals surface area contributed by atoms with Crippen LogP contribution in [0.3, 0.4) is 0 Å². The lowest BCUT2D eigenvalue weighted by Gasteiger charge is -2.36. The number of carboxylic acids is 1. The van der Waals surface area contributed by atoms with E-state index in [0.29, 0.717) is 18.7 Å². The summed E-state index contributed by atoms with van der Waals surface area (Å²) in [6.07, 6.45) is -3.88. The van der Waals surface area contributed by atoms with E-state index >= 15 is 0 Å². The van der Waals surface area contributed by atoms with E-state index in [4.69, 9.17) is 19.4 Å². The quantitative estimate of drug-likeness (QED) is 0.323. The minimum absolute atomic E-state index is 0.248. The highest BCUT2D eigenvalue weighted by atomic mass is 19.4. The zero-order valence-electron chi connectivity index (χ0n) is 22.4. The molecule has 1 N–H and O–H groups in total. The maximum Gasteiger partial charge on any atom is 0.490 e. The van der Waals surface area contributed by atoms with Crippen LogP contribution in [0.1, 0.15) is 31.4 Å². The molecular weight excluding hydrogens is 552 g/mol. The minimum Gasteiger partial charge on any atom is -0.496 e. The first-order valence-electron chi connectivity index (χ1n) is 12.8. The first kappa shape index (κ1) is 30.0. The number of alkyl halides is 3. The van der Waals surface area contributed by atoms with Gasteiger partial charge in [0.15, 0.2) is 0 Å². The second-order valence-corrected chi connectivity index (χ2v) is 9.85. The Kier molecular flexibility index (Phi) is 8.12. The lowest BCUT2D eigenvalue weighted by Crippen LogP contribution is -2.54. The average molecular weight is 581 g/mol. The van der Waals surface area contributed by atoms with Gasteiger partial charge in [0.1, 0.15) is 17.1 Å². The van der Waals surface area contributed by atoms with Crippen molar-refractivity contribution in [3.8, 4) is 16.9 Å². The number of ether oxygens (including phenoxy) is 2. The van der Waals surface area contributed by atoms with E-state index in [9.17, 15) is 31.9 Å². The number of esters is 1. The summed E-state index contributed by atoms with van der Waals surface area (Å²) >= 11 is 0. The highest BCUT2D eigenvalue weighted by molar-refractivity contribution is 6.09. The molecule has 0 saturated carbocycles. The van der Waals surface area contributed by atoms with E-state index in [-0.39, 0.29) is 24.2 Å². The molecule has 3 heterocycles. The molecule has 0 bridgehead atoms. The van der Waals surface area contributed by atoms with Gasteiger partial charge in [0.2, 0.25) is 11.8 Å². The van der Waals surface area contributed by atoms with E-state index in [1.807, 2.05) is 23.1 Å². The number of fused-ring (bicyclic) bond motifs is 3. The summed E-state index contributed by atoms with van der Waals surface area (Å²) in [6, 6.07) is 11.3. The van der Waals surface area contributed by atoms with Crippen LogP contribution in [0.5, 0.6) is 5.75 Å². The van der Waals surface area contributed by atoms with Crippen molar-refractivity contribution in [1.29, 1.82) is 0 Å². The van der Waals surface area contributed by atoms with Gasteiger partial charge in [-0.1, -0.05) is 24.3 Å². The molecule has 3 aliphatic rings. The Balaban J connectivity index is 0.000000493. The summed E-state index contributed by atoms with van der Waals surface area (Å²) in [5.41, 5.74) is 1.22. The number of amides is 2. The standard InChI is InChI=1S/C26H27FN2O5.C2HF3O2/c1-4-28-23(30)20-21(24(28)31)26(25(32)34-3)12-5-13-29(26)22(20)16-8-11-18(19(14-16)33-2)15-6-9-17(27)10-7-15;3-2(4,5)1(6)7/h6-11,14,20-22H,4-5,12-13H2,1-3H3;(H,6,7)/t20-,21-,22+,26-;/m0./s1. The molecule has 2 aromatic carbocycles. The largest absolute Gasteiger partial charge is 0.496 e. The van der Waals surface area contributed by atoms with E-state index < -0.39 is 41.5 Å². The number of carbonyl (C=O) groups excluding carboxylic acids is 3. The van der Waals surface area contributed by atoms with Crippen molar-refractivity contribution >= 4 is 23.8 Å². The van der Waals surface area contributed by atoms with Crippen LogP contribution in [0.25, 0.3) is 11.1 Å². The normalized spacial score (nSPS) is 25.3. The first-order chi connectivity index (χ1) is 19.3. The van der Waals surface area contributed by atoms with Gasteiger partial charge in [-0.25, -0.2) is 9.18 Å². The van der Waals surface area contributed by atoms with Crippen LogP contribution in [-0.4, -0.2) is 77.7 Å². The van der Waals surface area contributed by atoms with Crippen molar-refractivity contribution in [2.75, 3.05) is 27.3 Å². The molecule has 3 aliphatic heterocycles. The predicted molar refractivity (Wildman–Crippen MR) is 135 cm³/mol. The number of benzene rings is 2. The lowest BCUT2D eigenvalue weighted by atomic mass is 9.77. The van der Waals surface area contributed by atoms with Gasteiger partial charge < -0.3 is 14.6 Å². The lowest BCUT2D eigenvalue weighted by molar-refractivity contribution is -0.192. The van der Waals surface area contributed by atoms with Crippen LogP contribution in [0.4, 0.5) is 17.6 Å². The van der Waals surface area contributed by atoms with Crippen molar-refractivity contribution in [3.63, 3.8) is 0 Å². The number of nitrogens with zero attached hydrogens (tertiary/aromatic N) is 2. The molecule has 0 aromatic heterocycles. The van der Waals surface area contributed by atoms with E-state index in [1.165, 1.54) is 24.1 Å². The van der Waals surface area contributed by atoms with E-state index in [2.05, 4.69) is 0 Å². The average Bonchev–Trinajstić information content (AvgIpc) is 3.56. The zero-order chi connectivity index (χ0) is 30.3. The van der Waals surface area contributed by atoms with Crippen LogP contribution < -0.4 is 4.74 Å². The molecule has 13 heteroatoms. The van der Waals surface area contributed by atoms with Gasteiger partial charge in [-0.15, -0.1) is 0 Å². The van der Waals surface area contributed by atoms with Gasteiger partial charge in [0.05, 0.1) is 26.1 Å². The molecule has 0 spiro atoms. The Morgan fingerprint density at radius 3 is 2.24 bits per heavy atom. The topological polar surface area (TPSA) is 113 Å². The second-order valence-electron chi connectivity index (χ2n) is 9.85. The van der Waals surface area contributed by atoms with Crippen LogP contribution >= 0.6 is 0 Å². The van der Waals surface area contributed by atoms with E-state index in [1.54, 1.807) is 26.2 Å². The first-order valence-corrected chi connectivity index (χ1v) is 12.8. The summed E-state index contributed by atoms with van der Waals surface area (Å²) in [6.45, 7) is 2.62. The third-order valence-corrected chi connectivity index (χ3v) is 7.92. The molecule has 9 nitrogen and oxygen atoms in total. The number of methoxy groups -OCH3 is 2. The highest BCUT2D eigenvalue weighted by Crippen LogP contribution is 2.59.